The monoisotopic (exact) mass is 251 g/mol. The van der Waals surface area contributed by atoms with Crippen molar-refractivity contribution in [3.63, 3.8) is 0 Å². The Morgan fingerprint density at radius 3 is 2.72 bits per heavy atom. The van der Waals surface area contributed by atoms with Crippen LogP contribution in [0.5, 0.6) is 0 Å². The summed E-state index contributed by atoms with van der Waals surface area (Å²) < 4.78 is 1.42. The molecule has 0 saturated carbocycles. The lowest BCUT2D eigenvalue weighted by molar-refractivity contribution is -0.123. The highest BCUT2D eigenvalue weighted by Crippen LogP contribution is 2.21. The zero-order valence-corrected chi connectivity index (χ0v) is 10.3. The standard InChI is InChI=1S/C11H17N5O2/c1-15-9(7(12)6-14-15)11(18)16-5-3-2-4-8(16)10(13)17/h6,8H,2-5,12H2,1H3,(H2,13,17). The number of likely N-dealkylation sites (tertiary alicyclic amines) is 1. The number of hydrogen-bond acceptors (Lipinski definition) is 4. The fourth-order valence-electron chi connectivity index (χ4n) is 2.32. The van der Waals surface area contributed by atoms with Gasteiger partial charge in [-0.1, -0.05) is 0 Å². The van der Waals surface area contributed by atoms with E-state index in [1.165, 1.54) is 15.8 Å². The molecule has 0 radical (unpaired) electrons. The van der Waals surface area contributed by atoms with Gasteiger partial charge in [-0.3, -0.25) is 14.3 Å². The molecule has 0 spiro atoms. The molecular weight excluding hydrogens is 234 g/mol. The summed E-state index contributed by atoms with van der Waals surface area (Å²) in [6.07, 6.45) is 3.81. The van der Waals surface area contributed by atoms with Gasteiger partial charge >= 0.3 is 0 Å². The molecule has 1 fully saturated rings. The highest BCUT2D eigenvalue weighted by Gasteiger charge is 2.33. The Hall–Kier alpha value is -2.05. The van der Waals surface area contributed by atoms with Crippen LogP contribution in [-0.2, 0) is 11.8 Å². The summed E-state index contributed by atoms with van der Waals surface area (Å²) in [7, 11) is 1.65. The summed E-state index contributed by atoms with van der Waals surface area (Å²) in [6, 6.07) is -0.541. The predicted molar refractivity (Wildman–Crippen MR) is 65.5 cm³/mol. The van der Waals surface area contributed by atoms with Crippen LogP contribution in [0.4, 0.5) is 5.69 Å². The van der Waals surface area contributed by atoms with Crippen LogP contribution in [0, 0.1) is 0 Å². The van der Waals surface area contributed by atoms with Gasteiger partial charge in [0.1, 0.15) is 11.7 Å². The topological polar surface area (TPSA) is 107 Å². The number of rotatable bonds is 2. The SMILES string of the molecule is Cn1ncc(N)c1C(=O)N1CCCCC1C(N)=O. The van der Waals surface area contributed by atoms with Crippen molar-refractivity contribution in [1.29, 1.82) is 0 Å². The Bertz CT molecular complexity index is 462. The number of hydrogen-bond donors (Lipinski definition) is 2. The van der Waals surface area contributed by atoms with Crippen LogP contribution in [-0.4, -0.2) is 39.1 Å². The third kappa shape index (κ3) is 2.03. The van der Waals surface area contributed by atoms with E-state index in [1.807, 2.05) is 0 Å². The average Bonchev–Trinajstić information content (AvgIpc) is 2.68. The van der Waals surface area contributed by atoms with E-state index in [0.29, 0.717) is 24.3 Å². The molecule has 4 N–H and O–H groups in total. The van der Waals surface area contributed by atoms with Crippen molar-refractivity contribution in [1.82, 2.24) is 14.7 Å². The lowest BCUT2D eigenvalue weighted by atomic mass is 10.0. The Morgan fingerprint density at radius 1 is 1.44 bits per heavy atom. The van der Waals surface area contributed by atoms with E-state index in [2.05, 4.69) is 5.10 Å². The van der Waals surface area contributed by atoms with Crippen molar-refractivity contribution in [3.05, 3.63) is 11.9 Å². The Kier molecular flexibility index (Phi) is 3.22. The second-order valence-corrected chi connectivity index (χ2v) is 4.48. The second-order valence-electron chi connectivity index (χ2n) is 4.48. The van der Waals surface area contributed by atoms with E-state index in [4.69, 9.17) is 11.5 Å². The minimum atomic E-state index is -0.541. The summed E-state index contributed by atoms with van der Waals surface area (Å²) in [5, 5.41) is 3.93. The highest BCUT2D eigenvalue weighted by atomic mass is 16.2. The van der Waals surface area contributed by atoms with Crippen LogP contribution in [0.2, 0.25) is 0 Å². The molecule has 1 aliphatic rings. The lowest BCUT2D eigenvalue weighted by Gasteiger charge is -2.33. The summed E-state index contributed by atoms with van der Waals surface area (Å²) >= 11 is 0. The Labute approximate surface area is 105 Å². The maximum atomic E-state index is 12.4. The summed E-state index contributed by atoms with van der Waals surface area (Å²) in [5.41, 5.74) is 11.7. The van der Waals surface area contributed by atoms with Crippen LogP contribution in [0.15, 0.2) is 6.20 Å². The Morgan fingerprint density at radius 2 is 2.17 bits per heavy atom. The summed E-state index contributed by atoms with van der Waals surface area (Å²) in [4.78, 5) is 25.3. The summed E-state index contributed by atoms with van der Waals surface area (Å²) in [6.45, 7) is 0.525. The van der Waals surface area contributed by atoms with Crippen LogP contribution in [0.1, 0.15) is 29.8 Å². The maximum absolute atomic E-state index is 12.4. The lowest BCUT2D eigenvalue weighted by Crippen LogP contribution is -2.50. The van der Waals surface area contributed by atoms with E-state index >= 15 is 0 Å². The molecule has 1 aromatic rings. The number of nitrogens with zero attached hydrogens (tertiary/aromatic N) is 3. The maximum Gasteiger partial charge on any atom is 0.274 e. The minimum Gasteiger partial charge on any atom is -0.396 e. The highest BCUT2D eigenvalue weighted by molar-refractivity contribution is 5.99. The van der Waals surface area contributed by atoms with Gasteiger partial charge in [0.25, 0.3) is 5.91 Å². The van der Waals surface area contributed by atoms with Crippen LogP contribution in [0.25, 0.3) is 0 Å². The molecular formula is C11H17N5O2. The number of aryl methyl sites for hydroxylation is 1. The number of primary amides is 1. The number of nitrogens with two attached hydrogens (primary N) is 2. The van der Waals surface area contributed by atoms with Crippen molar-refractivity contribution in [2.75, 3.05) is 12.3 Å². The molecule has 18 heavy (non-hydrogen) atoms. The van der Waals surface area contributed by atoms with Crippen molar-refractivity contribution >= 4 is 17.5 Å². The van der Waals surface area contributed by atoms with Crippen molar-refractivity contribution in [2.24, 2.45) is 12.8 Å². The first-order chi connectivity index (χ1) is 8.52. The molecule has 1 atom stereocenters. The first-order valence-electron chi connectivity index (χ1n) is 5.90. The molecule has 2 amide bonds. The van der Waals surface area contributed by atoms with Crippen molar-refractivity contribution in [3.8, 4) is 0 Å². The van der Waals surface area contributed by atoms with Crippen LogP contribution >= 0.6 is 0 Å². The average molecular weight is 251 g/mol. The van der Waals surface area contributed by atoms with Crippen molar-refractivity contribution < 1.29 is 9.59 Å². The van der Waals surface area contributed by atoms with Crippen LogP contribution in [0.3, 0.4) is 0 Å². The van der Waals surface area contributed by atoms with Gasteiger partial charge in [-0.05, 0) is 19.3 Å². The zero-order valence-electron chi connectivity index (χ0n) is 10.3. The molecule has 2 rings (SSSR count). The van der Waals surface area contributed by atoms with Gasteiger partial charge in [0.05, 0.1) is 11.9 Å². The second kappa shape index (κ2) is 4.67. The quantitative estimate of drug-likeness (QED) is 0.737. The normalized spacial score (nSPS) is 19.8. The summed E-state index contributed by atoms with van der Waals surface area (Å²) in [5.74, 6) is -0.750. The van der Waals surface area contributed by atoms with Gasteiger partial charge in [-0.15, -0.1) is 0 Å². The Balaban J connectivity index is 2.29. The largest absolute Gasteiger partial charge is 0.396 e. The van der Waals surface area contributed by atoms with Gasteiger partial charge in [-0.2, -0.15) is 5.10 Å². The zero-order chi connectivity index (χ0) is 13.3. The number of carbonyl (C=O) groups excluding carboxylic acids is 2. The van der Waals surface area contributed by atoms with E-state index in [0.717, 1.165) is 12.8 Å². The molecule has 0 bridgehead atoms. The number of piperidine rings is 1. The smallest absolute Gasteiger partial charge is 0.274 e. The number of aromatic nitrogens is 2. The van der Waals surface area contributed by atoms with E-state index in [9.17, 15) is 9.59 Å². The van der Waals surface area contributed by atoms with E-state index in [-0.39, 0.29) is 5.91 Å². The molecule has 2 heterocycles. The fourth-order valence-corrected chi connectivity index (χ4v) is 2.32. The number of carbonyl (C=O) groups is 2. The van der Waals surface area contributed by atoms with Gasteiger partial charge < -0.3 is 16.4 Å². The third-order valence-electron chi connectivity index (χ3n) is 3.26. The molecule has 1 saturated heterocycles. The van der Waals surface area contributed by atoms with Gasteiger partial charge in [0.15, 0.2) is 0 Å². The third-order valence-corrected chi connectivity index (χ3v) is 3.26. The molecule has 98 valence electrons. The fraction of sp³-hybridized carbons (Fsp3) is 0.545. The molecule has 0 aromatic carbocycles. The predicted octanol–water partition coefficient (Wildman–Crippen LogP) is -0.518. The van der Waals surface area contributed by atoms with Gasteiger partial charge in [0, 0.05) is 13.6 Å². The number of anilines is 1. The minimum absolute atomic E-state index is 0.281. The molecule has 1 unspecified atom stereocenters. The van der Waals surface area contributed by atoms with Crippen LogP contribution < -0.4 is 11.5 Å². The van der Waals surface area contributed by atoms with E-state index in [1.54, 1.807) is 7.05 Å². The van der Waals surface area contributed by atoms with Gasteiger partial charge in [-0.25, -0.2) is 0 Å². The van der Waals surface area contributed by atoms with E-state index < -0.39 is 11.9 Å². The van der Waals surface area contributed by atoms with Gasteiger partial charge in [0.2, 0.25) is 5.91 Å². The van der Waals surface area contributed by atoms with Crippen molar-refractivity contribution in [2.45, 2.75) is 25.3 Å². The first kappa shape index (κ1) is 12.4. The molecule has 7 nitrogen and oxygen atoms in total. The molecule has 0 aliphatic carbocycles. The molecule has 7 heteroatoms. The number of nitrogen functional groups attached to an aromatic ring is 1. The molecule has 1 aliphatic heterocycles. The molecule has 1 aromatic heterocycles. The number of amides is 2. The first-order valence-corrected chi connectivity index (χ1v) is 5.90.